The van der Waals surface area contributed by atoms with Crippen LogP contribution in [0.4, 0.5) is 0 Å². The molecule has 0 aliphatic carbocycles. The number of aryl methyl sites for hydroxylation is 1. The highest BCUT2D eigenvalue weighted by atomic mass is 79.9. The first-order chi connectivity index (χ1) is 9.58. The van der Waals surface area contributed by atoms with Crippen molar-refractivity contribution in [3.8, 4) is 11.5 Å². The molecule has 6 heteroatoms. The average molecular weight is 340 g/mol. The van der Waals surface area contributed by atoms with Gasteiger partial charge in [-0.3, -0.25) is 0 Å². The van der Waals surface area contributed by atoms with Crippen molar-refractivity contribution in [3.63, 3.8) is 0 Å². The zero-order valence-electron chi connectivity index (χ0n) is 11.4. The average Bonchev–Trinajstić information content (AvgIpc) is 2.85. The number of ether oxygens (including phenoxy) is 2. The molecule has 0 atom stereocenters. The number of nitrogens with zero attached hydrogens (tertiary/aromatic N) is 1. The van der Waals surface area contributed by atoms with Crippen LogP contribution in [0.3, 0.4) is 0 Å². The van der Waals surface area contributed by atoms with Crippen LogP contribution < -0.4 is 0 Å². The molecule has 0 radical (unpaired) electrons. The summed E-state index contributed by atoms with van der Waals surface area (Å²) in [5.74, 6) is -0.148. The van der Waals surface area contributed by atoms with Crippen LogP contribution in [0.25, 0.3) is 11.5 Å². The van der Waals surface area contributed by atoms with Crippen LogP contribution in [0.5, 0.6) is 0 Å². The third-order valence-corrected chi connectivity index (χ3v) is 3.82. The Kier molecular flexibility index (Phi) is 4.57. The number of carbonyl (C=O) groups is 1. The zero-order valence-corrected chi connectivity index (χ0v) is 13.0. The van der Waals surface area contributed by atoms with Gasteiger partial charge in [0.2, 0.25) is 11.7 Å². The van der Waals surface area contributed by atoms with E-state index in [-0.39, 0.29) is 12.4 Å². The topological polar surface area (TPSA) is 61.6 Å². The van der Waals surface area contributed by atoms with Gasteiger partial charge in [0.25, 0.3) is 0 Å². The molecule has 106 valence electrons. The number of hydrogen-bond donors (Lipinski definition) is 0. The quantitative estimate of drug-likeness (QED) is 0.799. The van der Waals surface area contributed by atoms with Crippen molar-refractivity contribution in [2.75, 3.05) is 14.2 Å². The van der Waals surface area contributed by atoms with Gasteiger partial charge in [-0.15, -0.1) is 0 Å². The van der Waals surface area contributed by atoms with Crippen LogP contribution in [0, 0.1) is 6.92 Å². The lowest BCUT2D eigenvalue weighted by Crippen LogP contribution is -2.04. The van der Waals surface area contributed by atoms with Crippen LogP contribution in [0.2, 0.25) is 0 Å². The predicted molar refractivity (Wildman–Crippen MR) is 76.4 cm³/mol. The first-order valence-electron chi connectivity index (χ1n) is 5.91. The predicted octanol–water partition coefficient (Wildman–Crippen LogP) is 3.35. The van der Waals surface area contributed by atoms with Crippen molar-refractivity contribution in [3.05, 3.63) is 39.7 Å². The number of benzene rings is 1. The zero-order chi connectivity index (χ0) is 14.7. The molecule has 0 N–H and O–H groups in total. The first-order valence-corrected chi connectivity index (χ1v) is 6.70. The largest absolute Gasteiger partial charge is 0.463 e. The van der Waals surface area contributed by atoms with Crippen LogP contribution in [-0.4, -0.2) is 25.2 Å². The maximum absolute atomic E-state index is 11.7. The Hall–Kier alpha value is -1.66. The summed E-state index contributed by atoms with van der Waals surface area (Å²) < 4.78 is 16.1. The summed E-state index contributed by atoms with van der Waals surface area (Å²) in [6.45, 7) is 2.14. The van der Waals surface area contributed by atoms with E-state index in [1.54, 1.807) is 0 Å². The highest BCUT2D eigenvalue weighted by Gasteiger charge is 2.22. The number of halogens is 1. The number of carbonyl (C=O) groups excluding carboxylic acids is 1. The molecular formula is C14H14BrNO4. The lowest BCUT2D eigenvalue weighted by atomic mass is 10.1. The van der Waals surface area contributed by atoms with Crippen molar-refractivity contribution < 1.29 is 18.7 Å². The van der Waals surface area contributed by atoms with Gasteiger partial charge in [0, 0.05) is 11.6 Å². The van der Waals surface area contributed by atoms with Gasteiger partial charge in [0.05, 0.1) is 19.3 Å². The van der Waals surface area contributed by atoms with Gasteiger partial charge in [-0.05, 0) is 34.5 Å². The second-order valence-electron chi connectivity index (χ2n) is 4.16. The van der Waals surface area contributed by atoms with Crippen LogP contribution in [-0.2, 0) is 16.1 Å². The molecule has 0 fully saturated rings. The molecule has 20 heavy (non-hydrogen) atoms. The normalized spacial score (nSPS) is 10.6. The van der Waals surface area contributed by atoms with Gasteiger partial charge in [-0.25, -0.2) is 9.78 Å². The summed E-state index contributed by atoms with van der Waals surface area (Å²) in [5, 5.41) is 0. The molecule has 2 rings (SSSR count). The number of rotatable bonds is 4. The van der Waals surface area contributed by atoms with E-state index in [9.17, 15) is 4.79 Å². The lowest BCUT2D eigenvalue weighted by molar-refractivity contribution is 0.0559. The Morgan fingerprint density at radius 1 is 1.40 bits per heavy atom. The minimum atomic E-state index is -0.570. The molecule has 1 aromatic heterocycles. The van der Waals surface area contributed by atoms with Gasteiger partial charge < -0.3 is 13.9 Å². The van der Waals surface area contributed by atoms with Crippen molar-refractivity contribution in [2.45, 2.75) is 13.5 Å². The van der Waals surface area contributed by atoms with Crippen LogP contribution >= 0.6 is 15.9 Å². The Morgan fingerprint density at radius 2 is 2.15 bits per heavy atom. The van der Waals surface area contributed by atoms with Gasteiger partial charge in [0.15, 0.2) is 0 Å². The number of hydrogen-bond acceptors (Lipinski definition) is 5. The van der Waals surface area contributed by atoms with Crippen molar-refractivity contribution in [1.82, 2.24) is 4.98 Å². The number of esters is 1. The smallest absolute Gasteiger partial charge is 0.376 e. The summed E-state index contributed by atoms with van der Waals surface area (Å²) in [4.78, 5) is 16.0. The molecule has 1 aromatic carbocycles. The Balaban J connectivity index is 2.52. The van der Waals surface area contributed by atoms with Crippen LogP contribution in [0.1, 0.15) is 21.8 Å². The maximum Gasteiger partial charge on any atom is 0.376 e. The molecular weight excluding hydrogens is 326 g/mol. The Labute approximate surface area is 125 Å². The maximum atomic E-state index is 11.7. The fourth-order valence-electron chi connectivity index (χ4n) is 1.77. The molecule has 0 spiro atoms. The molecule has 0 aliphatic heterocycles. The van der Waals surface area contributed by atoms with Gasteiger partial charge in [0.1, 0.15) is 5.69 Å². The van der Waals surface area contributed by atoms with E-state index < -0.39 is 5.97 Å². The number of methoxy groups -OCH3 is 2. The van der Waals surface area contributed by atoms with Gasteiger partial charge in [-0.1, -0.05) is 12.1 Å². The van der Waals surface area contributed by atoms with E-state index in [4.69, 9.17) is 9.15 Å². The summed E-state index contributed by atoms with van der Waals surface area (Å²) in [6, 6.07) is 5.72. The van der Waals surface area contributed by atoms with E-state index in [1.807, 2.05) is 25.1 Å². The molecule has 0 saturated heterocycles. The molecule has 0 unspecified atom stereocenters. The molecule has 0 bridgehead atoms. The summed E-state index contributed by atoms with van der Waals surface area (Å²) in [7, 11) is 2.82. The van der Waals surface area contributed by atoms with E-state index in [0.29, 0.717) is 11.6 Å². The highest BCUT2D eigenvalue weighted by Crippen LogP contribution is 2.31. The molecule has 2 aromatic rings. The van der Waals surface area contributed by atoms with Crippen LogP contribution in [0.15, 0.2) is 27.1 Å². The minimum absolute atomic E-state index is 0.0674. The fraction of sp³-hybridized carbons (Fsp3) is 0.286. The minimum Gasteiger partial charge on any atom is -0.463 e. The molecule has 0 saturated carbocycles. The fourth-order valence-corrected chi connectivity index (χ4v) is 2.20. The molecule has 0 aliphatic rings. The van der Waals surface area contributed by atoms with E-state index >= 15 is 0 Å². The van der Waals surface area contributed by atoms with Gasteiger partial charge >= 0.3 is 5.97 Å². The van der Waals surface area contributed by atoms with Crippen molar-refractivity contribution >= 4 is 21.9 Å². The SMILES string of the molecule is COCc1nc(-c2cccc(C)c2Br)oc1C(=O)OC. The Morgan fingerprint density at radius 3 is 2.80 bits per heavy atom. The third kappa shape index (κ3) is 2.76. The number of aromatic nitrogens is 1. The first kappa shape index (κ1) is 14.7. The van der Waals surface area contributed by atoms with Crippen molar-refractivity contribution in [1.29, 1.82) is 0 Å². The van der Waals surface area contributed by atoms with E-state index in [0.717, 1.165) is 15.6 Å². The van der Waals surface area contributed by atoms with Crippen molar-refractivity contribution in [2.24, 2.45) is 0 Å². The van der Waals surface area contributed by atoms with E-state index in [1.165, 1.54) is 14.2 Å². The standard InChI is InChI=1S/C14H14BrNO4/c1-8-5-4-6-9(11(8)15)13-16-10(7-18-2)12(20-13)14(17)19-3/h4-6H,7H2,1-3H3. The van der Waals surface area contributed by atoms with Gasteiger partial charge in [-0.2, -0.15) is 0 Å². The summed E-state index contributed by atoms with van der Waals surface area (Å²) >= 11 is 3.50. The molecule has 0 amide bonds. The number of oxazole rings is 1. The molecule has 5 nitrogen and oxygen atoms in total. The summed E-state index contributed by atoms with van der Waals surface area (Å²) in [6.07, 6.45) is 0. The second kappa shape index (κ2) is 6.19. The second-order valence-corrected chi connectivity index (χ2v) is 4.95. The third-order valence-electron chi connectivity index (χ3n) is 2.77. The Bertz CT molecular complexity index is 636. The monoisotopic (exact) mass is 339 g/mol. The highest BCUT2D eigenvalue weighted by molar-refractivity contribution is 9.10. The summed E-state index contributed by atoms with van der Waals surface area (Å²) in [5.41, 5.74) is 2.24. The van der Waals surface area contributed by atoms with E-state index in [2.05, 4.69) is 25.7 Å². The lowest BCUT2D eigenvalue weighted by Gasteiger charge is -2.02. The molecule has 1 heterocycles.